The summed E-state index contributed by atoms with van der Waals surface area (Å²) in [5, 5.41) is 13.7. The quantitative estimate of drug-likeness (QED) is 0.200. The molecule has 4 rings (SSSR count). The average molecular weight is 682 g/mol. The highest BCUT2D eigenvalue weighted by molar-refractivity contribution is 9.10. The Kier molecular flexibility index (Phi) is 10.1. The highest BCUT2D eigenvalue weighted by Gasteiger charge is 2.45. The second-order valence-corrected chi connectivity index (χ2v) is 11.0. The van der Waals surface area contributed by atoms with Crippen molar-refractivity contribution < 1.29 is 42.0 Å². The summed E-state index contributed by atoms with van der Waals surface area (Å²) in [4.78, 5) is 14.6. The predicted molar refractivity (Wildman–Crippen MR) is 160 cm³/mol. The lowest BCUT2D eigenvalue weighted by Gasteiger charge is -2.39. The van der Waals surface area contributed by atoms with Crippen LogP contribution in [0.4, 0.5) is 13.2 Å². The van der Waals surface area contributed by atoms with E-state index in [4.69, 9.17) is 23.9 Å². The van der Waals surface area contributed by atoms with Gasteiger partial charge in [-0.05, 0) is 56.4 Å². The smallest absolute Gasteiger partial charge is 0.491 e. The number of nitrogens with zero attached hydrogens (tertiary/aromatic N) is 4. The Morgan fingerprint density at radius 3 is 2.18 bits per heavy atom. The van der Waals surface area contributed by atoms with Gasteiger partial charge in [0.1, 0.15) is 5.60 Å². The maximum absolute atomic E-state index is 13.4. The van der Waals surface area contributed by atoms with Crippen molar-refractivity contribution in [1.82, 2.24) is 19.9 Å². The van der Waals surface area contributed by atoms with E-state index < -0.39 is 23.8 Å². The molecule has 236 valence electrons. The second-order valence-electron chi connectivity index (χ2n) is 10.1. The van der Waals surface area contributed by atoms with Crippen LogP contribution in [0.25, 0.3) is 10.9 Å². The first-order valence-corrected chi connectivity index (χ1v) is 14.0. The zero-order chi connectivity index (χ0) is 32.2. The largest absolute Gasteiger partial charge is 0.574 e. The Balaban J connectivity index is 2.14. The van der Waals surface area contributed by atoms with Crippen LogP contribution < -0.4 is 23.7 Å². The Bertz CT molecular complexity index is 1620. The third kappa shape index (κ3) is 7.08. The molecule has 0 spiro atoms. The molecule has 44 heavy (non-hydrogen) atoms. The van der Waals surface area contributed by atoms with Gasteiger partial charge in [0.2, 0.25) is 17.6 Å². The Labute approximate surface area is 260 Å². The topological polar surface area (TPSA) is 108 Å². The van der Waals surface area contributed by atoms with E-state index >= 15 is 0 Å². The van der Waals surface area contributed by atoms with Crippen molar-refractivity contribution in [3.63, 3.8) is 0 Å². The SMILES string of the molecule is COc1cc(C(O)(CCN(C)C)C(c2cc3cc(Br)ccc3nc2OC)c2ccnc(OC)c2OC)cc(OC(F)(F)F)n1. The summed E-state index contributed by atoms with van der Waals surface area (Å²) in [6.45, 7) is 0.312. The fourth-order valence-corrected chi connectivity index (χ4v) is 5.45. The van der Waals surface area contributed by atoms with Gasteiger partial charge < -0.3 is 33.7 Å². The molecular weight excluding hydrogens is 649 g/mol. The van der Waals surface area contributed by atoms with E-state index in [0.29, 0.717) is 28.6 Å². The highest BCUT2D eigenvalue weighted by atomic mass is 79.9. The molecular formula is C30H32BrF3N4O6. The first-order chi connectivity index (χ1) is 20.8. The van der Waals surface area contributed by atoms with E-state index in [2.05, 4.69) is 30.6 Å². The van der Waals surface area contributed by atoms with Gasteiger partial charge in [-0.25, -0.2) is 9.97 Å². The number of alkyl halides is 3. The molecule has 3 heterocycles. The first-order valence-electron chi connectivity index (χ1n) is 13.2. The number of halogens is 4. The average Bonchev–Trinajstić information content (AvgIpc) is 2.98. The zero-order valence-electron chi connectivity index (χ0n) is 24.9. The molecule has 0 aliphatic carbocycles. The van der Waals surface area contributed by atoms with Crippen LogP contribution >= 0.6 is 15.9 Å². The van der Waals surface area contributed by atoms with Gasteiger partial charge in [-0.2, -0.15) is 4.98 Å². The van der Waals surface area contributed by atoms with Crippen LogP contribution in [0.15, 0.2) is 53.1 Å². The molecule has 0 saturated carbocycles. The van der Waals surface area contributed by atoms with Gasteiger partial charge >= 0.3 is 6.36 Å². The van der Waals surface area contributed by atoms with Gasteiger partial charge in [0.15, 0.2) is 5.75 Å². The second kappa shape index (κ2) is 13.4. The third-order valence-electron chi connectivity index (χ3n) is 7.01. The van der Waals surface area contributed by atoms with Gasteiger partial charge in [0.25, 0.3) is 5.88 Å². The van der Waals surface area contributed by atoms with Crippen LogP contribution in [-0.4, -0.2) is 80.4 Å². The first kappa shape index (κ1) is 33.0. The predicted octanol–water partition coefficient (Wildman–Crippen LogP) is 5.69. The van der Waals surface area contributed by atoms with Crippen molar-refractivity contribution in [2.75, 3.05) is 49.1 Å². The summed E-state index contributed by atoms with van der Waals surface area (Å²) in [6.07, 6.45) is -3.55. The monoisotopic (exact) mass is 680 g/mol. The van der Waals surface area contributed by atoms with Crippen molar-refractivity contribution in [2.24, 2.45) is 0 Å². The third-order valence-corrected chi connectivity index (χ3v) is 7.50. The Morgan fingerprint density at radius 2 is 1.57 bits per heavy atom. The number of rotatable bonds is 12. The summed E-state index contributed by atoms with van der Waals surface area (Å²) in [5.41, 5.74) is -0.498. The summed E-state index contributed by atoms with van der Waals surface area (Å²) in [5.74, 6) is -1.57. The number of aliphatic hydroxyl groups is 1. The molecule has 0 aliphatic heterocycles. The molecule has 2 atom stereocenters. The van der Waals surface area contributed by atoms with Crippen LogP contribution in [0, 0.1) is 0 Å². The fraction of sp³-hybridized carbons (Fsp3) is 0.367. The normalized spacial score (nSPS) is 13.8. The van der Waals surface area contributed by atoms with Crippen molar-refractivity contribution in [3.05, 3.63) is 69.8 Å². The molecule has 2 unspecified atom stereocenters. The van der Waals surface area contributed by atoms with Gasteiger partial charge in [0.05, 0.1) is 39.9 Å². The van der Waals surface area contributed by atoms with E-state index in [1.165, 1.54) is 40.7 Å². The van der Waals surface area contributed by atoms with Gasteiger partial charge in [0, 0.05) is 45.9 Å². The molecule has 14 heteroatoms. The minimum Gasteiger partial charge on any atom is -0.491 e. The van der Waals surface area contributed by atoms with Gasteiger partial charge in [-0.1, -0.05) is 15.9 Å². The number of ether oxygens (including phenoxy) is 5. The van der Waals surface area contributed by atoms with Crippen molar-refractivity contribution >= 4 is 26.8 Å². The molecule has 0 amide bonds. The minimum atomic E-state index is -5.04. The molecule has 1 N–H and O–H groups in total. The fourth-order valence-electron chi connectivity index (χ4n) is 5.07. The molecule has 3 aromatic heterocycles. The van der Waals surface area contributed by atoms with E-state index in [0.717, 1.165) is 10.5 Å². The Hall–Kier alpha value is -3.88. The summed E-state index contributed by atoms with van der Waals surface area (Å²) in [6, 6.07) is 11.4. The molecule has 0 radical (unpaired) electrons. The van der Waals surface area contributed by atoms with Crippen LogP contribution in [0.5, 0.6) is 29.3 Å². The van der Waals surface area contributed by atoms with Crippen molar-refractivity contribution in [2.45, 2.75) is 24.3 Å². The van der Waals surface area contributed by atoms with E-state index in [1.807, 2.05) is 43.3 Å². The molecule has 4 aromatic rings. The van der Waals surface area contributed by atoms with Crippen molar-refractivity contribution in [1.29, 1.82) is 0 Å². The van der Waals surface area contributed by atoms with E-state index in [1.54, 1.807) is 6.07 Å². The highest BCUT2D eigenvalue weighted by Crippen LogP contribution is 2.51. The van der Waals surface area contributed by atoms with Gasteiger partial charge in [-0.3, -0.25) is 0 Å². The standard InChI is InChI=1S/C30H32BrF3N4O6/c1-38(2)12-10-29(39,18-15-23(40-3)37-24(16-18)44-30(32,33)34)25(20-9-11-35-28(43-6)26(20)41-4)21-14-17-13-19(31)7-8-22(17)36-27(21)42-5/h7-9,11,13-16,25,39H,10,12H2,1-6H3. The summed E-state index contributed by atoms with van der Waals surface area (Å²) < 4.78 is 67.3. The molecule has 0 fully saturated rings. The van der Waals surface area contributed by atoms with Crippen LogP contribution in [0.3, 0.4) is 0 Å². The number of fused-ring (bicyclic) bond motifs is 1. The lowest BCUT2D eigenvalue weighted by Crippen LogP contribution is -2.38. The zero-order valence-corrected chi connectivity index (χ0v) is 26.5. The van der Waals surface area contributed by atoms with Crippen LogP contribution in [-0.2, 0) is 5.60 Å². The number of benzene rings is 1. The van der Waals surface area contributed by atoms with Crippen molar-refractivity contribution in [3.8, 4) is 29.3 Å². The number of aromatic nitrogens is 3. The summed E-state index contributed by atoms with van der Waals surface area (Å²) >= 11 is 3.50. The van der Waals surface area contributed by atoms with E-state index in [-0.39, 0.29) is 35.4 Å². The minimum absolute atomic E-state index is 0.0107. The van der Waals surface area contributed by atoms with Gasteiger partial charge in [-0.15, -0.1) is 13.2 Å². The lowest BCUT2D eigenvalue weighted by atomic mass is 9.71. The summed E-state index contributed by atoms with van der Waals surface area (Å²) in [7, 11) is 9.17. The number of pyridine rings is 3. The van der Waals surface area contributed by atoms with Crippen LogP contribution in [0.1, 0.15) is 29.0 Å². The maximum Gasteiger partial charge on any atom is 0.574 e. The molecule has 1 aromatic carbocycles. The lowest BCUT2D eigenvalue weighted by molar-refractivity contribution is -0.276. The maximum atomic E-state index is 13.4. The number of methoxy groups -OCH3 is 4. The number of hydrogen-bond acceptors (Lipinski definition) is 10. The molecule has 10 nitrogen and oxygen atoms in total. The molecule has 0 aliphatic rings. The molecule has 0 saturated heterocycles. The number of hydrogen-bond donors (Lipinski definition) is 1. The van der Waals surface area contributed by atoms with E-state index in [9.17, 15) is 18.3 Å². The Morgan fingerprint density at radius 1 is 0.864 bits per heavy atom. The molecule has 0 bridgehead atoms. The van der Waals surface area contributed by atoms with Crippen LogP contribution in [0.2, 0.25) is 0 Å².